The third-order valence-corrected chi connectivity index (χ3v) is 8.62. The standard InChI is InChI=1S/C24H28N4O4PS/c1-33(30)31-15-24(16-32-33)8-10-28(11-9-24)22-7-5-18(14-26-22)23(29)27-20-13-17(4-6-19(20)25)21-3-2-12-34-21/h2-7,12-14,30H,8-11,15-16,25H2,1H3,(H,27,29). The van der Waals surface area contributed by atoms with Crippen LogP contribution in [0, 0.1) is 5.41 Å². The summed E-state index contributed by atoms with van der Waals surface area (Å²) < 4.78 is 11.2. The smallest absolute Gasteiger partial charge is 0.257 e. The maximum absolute atomic E-state index is 12.8. The monoisotopic (exact) mass is 499 g/mol. The molecule has 179 valence electrons. The number of hydrogen-bond acceptors (Lipinski definition) is 8. The Balaban J connectivity index is 1.21. The van der Waals surface area contributed by atoms with Crippen molar-refractivity contribution >= 4 is 42.4 Å². The zero-order valence-corrected chi connectivity index (χ0v) is 20.6. The number of nitrogens with two attached hydrogens (primary N) is 1. The number of aromatic nitrogens is 1. The zero-order chi connectivity index (χ0) is 23.8. The van der Waals surface area contributed by atoms with Crippen LogP contribution in [0.3, 0.4) is 0 Å². The van der Waals surface area contributed by atoms with Crippen LogP contribution in [-0.4, -0.2) is 48.8 Å². The van der Waals surface area contributed by atoms with Crippen molar-refractivity contribution in [1.82, 2.24) is 4.98 Å². The second-order valence-corrected chi connectivity index (χ2v) is 12.0. The largest absolute Gasteiger partial charge is 0.397 e. The fourth-order valence-electron chi connectivity index (χ4n) is 4.25. The first-order valence-electron chi connectivity index (χ1n) is 11.2. The molecule has 8 nitrogen and oxygen atoms in total. The molecule has 34 heavy (non-hydrogen) atoms. The van der Waals surface area contributed by atoms with E-state index in [1.807, 2.05) is 35.7 Å². The van der Waals surface area contributed by atoms with E-state index in [2.05, 4.69) is 15.2 Å². The van der Waals surface area contributed by atoms with Gasteiger partial charge in [-0.25, -0.2) is 4.98 Å². The summed E-state index contributed by atoms with van der Waals surface area (Å²) in [7, 11) is -2.63. The van der Waals surface area contributed by atoms with Crippen molar-refractivity contribution in [1.29, 1.82) is 0 Å². The molecule has 2 fully saturated rings. The minimum atomic E-state index is -2.63. The summed E-state index contributed by atoms with van der Waals surface area (Å²) >= 11 is 1.64. The van der Waals surface area contributed by atoms with Gasteiger partial charge in [0.25, 0.3) is 5.91 Å². The number of anilines is 3. The average Bonchev–Trinajstić information content (AvgIpc) is 3.38. The number of hydrogen-bond donors (Lipinski definition) is 3. The molecule has 1 radical (unpaired) electrons. The Labute approximate surface area is 203 Å². The van der Waals surface area contributed by atoms with Crippen LogP contribution in [0.5, 0.6) is 0 Å². The Hall–Kier alpha value is -2.55. The van der Waals surface area contributed by atoms with E-state index in [9.17, 15) is 9.69 Å². The molecule has 0 bridgehead atoms. The lowest BCUT2D eigenvalue weighted by atomic mass is 9.80. The van der Waals surface area contributed by atoms with E-state index in [-0.39, 0.29) is 11.3 Å². The van der Waals surface area contributed by atoms with Crippen LogP contribution < -0.4 is 16.0 Å². The molecule has 2 saturated heterocycles. The fourth-order valence-corrected chi connectivity index (χ4v) is 6.08. The molecule has 1 amide bonds. The van der Waals surface area contributed by atoms with E-state index in [0.717, 1.165) is 42.2 Å². The molecule has 4 N–H and O–H groups in total. The first kappa shape index (κ1) is 23.2. The molecule has 2 aliphatic heterocycles. The first-order chi connectivity index (χ1) is 16.3. The van der Waals surface area contributed by atoms with Crippen molar-refractivity contribution in [3.8, 4) is 10.4 Å². The van der Waals surface area contributed by atoms with Crippen LogP contribution in [0.15, 0.2) is 54.0 Å². The second kappa shape index (κ2) is 9.24. The lowest BCUT2D eigenvalue weighted by Crippen LogP contribution is -2.47. The summed E-state index contributed by atoms with van der Waals surface area (Å²) in [6, 6.07) is 13.3. The summed E-state index contributed by atoms with van der Waals surface area (Å²) in [5.74, 6) is 0.585. The molecule has 5 rings (SSSR count). The molecule has 2 aliphatic rings. The summed E-state index contributed by atoms with van der Waals surface area (Å²) in [4.78, 5) is 30.7. The molecule has 1 spiro atoms. The number of nitrogens with one attached hydrogen (secondary N) is 1. The van der Waals surface area contributed by atoms with Gasteiger partial charge in [-0.15, -0.1) is 11.3 Å². The quantitative estimate of drug-likeness (QED) is 0.354. The Bertz CT molecular complexity index is 1150. The van der Waals surface area contributed by atoms with Crippen molar-refractivity contribution in [2.24, 2.45) is 5.41 Å². The lowest BCUT2D eigenvalue weighted by Gasteiger charge is -2.47. The molecule has 0 saturated carbocycles. The van der Waals surface area contributed by atoms with Gasteiger partial charge in [0.05, 0.1) is 30.2 Å². The molecular weight excluding hydrogens is 471 g/mol. The summed E-state index contributed by atoms with van der Waals surface area (Å²) in [5, 5.41) is 4.93. The molecule has 4 heterocycles. The fraction of sp³-hybridized carbons (Fsp3) is 0.333. The molecule has 0 atom stereocenters. The summed E-state index contributed by atoms with van der Waals surface area (Å²) in [5.41, 5.74) is 8.63. The SMILES string of the molecule is C[P]1(O)OCC2(CCN(c3ccc(C(=O)Nc4cc(-c5cccs5)ccc4N)cn3)CC2)CO1. The minimum absolute atomic E-state index is 0.0455. The van der Waals surface area contributed by atoms with Crippen molar-refractivity contribution in [3.05, 3.63) is 59.6 Å². The Kier molecular flexibility index (Phi) is 6.31. The van der Waals surface area contributed by atoms with Gasteiger partial charge < -0.3 is 29.9 Å². The number of carbonyl (C=O) groups excluding carboxylic acids is 1. The van der Waals surface area contributed by atoms with E-state index in [1.54, 1.807) is 36.3 Å². The van der Waals surface area contributed by atoms with Crippen molar-refractivity contribution in [2.75, 3.05) is 48.9 Å². The topological polar surface area (TPSA) is 110 Å². The van der Waals surface area contributed by atoms with Gasteiger partial charge in [-0.2, -0.15) is 0 Å². The van der Waals surface area contributed by atoms with Crippen molar-refractivity contribution in [2.45, 2.75) is 12.8 Å². The van der Waals surface area contributed by atoms with Crippen LogP contribution in [0.2, 0.25) is 0 Å². The molecule has 0 aliphatic carbocycles. The number of nitrogens with zero attached hydrogens (tertiary/aromatic N) is 2. The normalized spacial score (nSPS) is 19.2. The van der Waals surface area contributed by atoms with Crippen molar-refractivity contribution in [3.63, 3.8) is 0 Å². The highest BCUT2D eigenvalue weighted by molar-refractivity contribution is 7.59. The number of nitrogen functional groups attached to an aromatic ring is 1. The Morgan fingerprint density at radius 3 is 2.62 bits per heavy atom. The zero-order valence-electron chi connectivity index (χ0n) is 18.9. The van der Waals surface area contributed by atoms with E-state index in [1.165, 1.54) is 0 Å². The Morgan fingerprint density at radius 1 is 1.21 bits per heavy atom. The van der Waals surface area contributed by atoms with Crippen LogP contribution in [-0.2, 0) is 9.05 Å². The van der Waals surface area contributed by atoms with E-state index >= 15 is 0 Å². The molecule has 1 aromatic carbocycles. The number of amides is 1. The predicted octanol–water partition coefficient (Wildman–Crippen LogP) is 4.66. The van der Waals surface area contributed by atoms with Gasteiger partial charge in [0, 0.05) is 36.2 Å². The summed E-state index contributed by atoms with van der Waals surface area (Å²) in [6.45, 7) is 4.33. The number of piperidine rings is 1. The van der Waals surface area contributed by atoms with Gasteiger partial charge in [-0.1, -0.05) is 12.1 Å². The van der Waals surface area contributed by atoms with Gasteiger partial charge in [0.2, 0.25) is 7.94 Å². The maximum Gasteiger partial charge on any atom is 0.257 e. The average molecular weight is 500 g/mol. The number of pyridine rings is 1. The number of benzene rings is 1. The van der Waals surface area contributed by atoms with Crippen molar-refractivity contribution < 1.29 is 18.7 Å². The molecular formula is C24H28N4O4PS. The minimum Gasteiger partial charge on any atom is -0.397 e. The maximum atomic E-state index is 12.8. The van der Waals surface area contributed by atoms with E-state index in [0.29, 0.717) is 30.2 Å². The predicted molar refractivity (Wildman–Crippen MR) is 137 cm³/mol. The number of rotatable bonds is 4. The van der Waals surface area contributed by atoms with Gasteiger partial charge in [-0.3, -0.25) is 4.79 Å². The molecule has 2 aromatic heterocycles. The first-order valence-corrected chi connectivity index (χ1v) is 14.1. The highest BCUT2D eigenvalue weighted by Gasteiger charge is 2.43. The van der Waals surface area contributed by atoms with E-state index < -0.39 is 7.94 Å². The third kappa shape index (κ3) is 4.94. The number of carbonyl (C=O) groups is 1. The molecule has 10 heteroatoms. The summed E-state index contributed by atoms with van der Waals surface area (Å²) in [6.07, 6.45) is 3.40. The van der Waals surface area contributed by atoms with Crippen LogP contribution >= 0.6 is 19.3 Å². The third-order valence-electron chi connectivity index (χ3n) is 6.49. The highest BCUT2D eigenvalue weighted by atomic mass is 32.1. The van der Waals surface area contributed by atoms with Gasteiger partial charge in [0.15, 0.2) is 0 Å². The van der Waals surface area contributed by atoms with Crippen LogP contribution in [0.1, 0.15) is 23.2 Å². The highest BCUT2D eigenvalue weighted by Crippen LogP contribution is 2.59. The van der Waals surface area contributed by atoms with Crippen LogP contribution in [0.25, 0.3) is 10.4 Å². The van der Waals surface area contributed by atoms with Gasteiger partial charge in [0.1, 0.15) is 5.82 Å². The van der Waals surface area contributed by atoms with E-state index in [4.69, 9.17) is 14.8 Å². The van der Waals surface area contributed by atoms with Gasteiger partial charge >= 0.3 is 0 Å². The number of thiophene rings is 1. The second-order valence-electron chi connectivity index (χ2n) is 8.98. The Morgan fingerprint density at radius 2 is 1.97 bits per heavy atom. The molecule has 0 unspecified atom stereocenters. The van der Waals surface area contributed by atoms with Gasteiger partial charge in [-0.05, 0) is 54.1 Å². The van der Waals surface area contributed by atoms with Crippen LogP contribution in [0.4, 0.5) is 17.2 Å². The molecule has 3 aromatic rings. The lowest BCUT2D eigenvalue weighted by molar-refractivity contribution is -0.00947.